The number of nitrogens with zero attached hydrogens (tertiary/aromatic N) is 2. The summed E-state index contributed by atoms with van der Waals surface area (Å²) in [5, 5.41) is 11.6. The average molecular weight is 245 g/mol. The largest absolute Gasteiger partial charge is 0.419 e. The predicted octanol–water partition coefficient (Wildman–Crippen LogP) is 3.11. The first-order chi connectivity index (χ1) is 8.74. The van der Waals surface area contributed by atoms with Gasteiger partial charge in [-0.05, 0) is 32.0 Å². The molecule has 1 aromatic heterocycles. The molecule has 0 fully saturated rings. The number of nitrogens with one attached hydrogen (secondary N) is 1. The van der Waals surface area contributed by atoms with Gasteiger partial charge in [-0.1, -0.05) is 31.5 Å². The molecule has 1 unspecified atom stereocenters. The van der Waals surface area contributed by atoms with Crippen LogP contribution in [0.3, 0.4) is 0 Å². The van der Waals surface area contributed by atoms with Crippen molar-refractivity contribution in [3.05, 3.63) is 35.7 Å². The minimum absolute atomic E-state index is 0.140. The molecule has 1 N–H and O–H groups in total. The van der Waals surface area contributed by atoms with Crippen LogP contribution < -0.4 is 5.32 Å². The summed E-state index contributed by atoms with van der Waals surface area (Å²) >= 11 is 0. The normalized spacial score (nSPS) is 12.6. The van der Waals surface area contributed by atoms with Crippen molar-refractivity contribution in [1.82, 2.24) is 15.5 Å². The lowest BCUT2D eigenvalue weighted by Gasteiger charge is -2.09. The minimum atomic E-state index is 0.140. The quantitative estimate of drug-likeness (QED) is 0.879. The van der Waals surface area contributed by atoms with Crippen LogP contribution in [0.1, 0.15) is 37.8 Å². The second-order valence-corrected chi connectivity index (χ2v) is 4.33. The highest BCUT2D eigenvalue weighted by atomic mass is 16.4. The third-order valence-corrected chi connectivity index (χ3v) is 2.90. The molecule has 0 bridgehead atoms. The van der Waals surface area contributed by atoms with Crippen LogP contribution >= 0.6 is 0 Å². The van der Waals surface area contributed by atoms with Gasteiger partial charge >= 0.3 is 0 Å². The van der Waals surface area contributed by atoms with Gasteiger partial charge in [0.1, 0.15) is 0 Å². The first-order valence-corrected chi connectivity index (χ1v) is 6.38. The van der Waals surface area contributed by atoms with Crippen molar-refractivity contribution in [2.45, 2.75) is 33.2 Å². The zero-order chi connectivity index (χ0) is 13.0. The molecular formula is C14H19N3O. The molecule has 96 valence electrons. The Labute approximate surface area is 107 Å². The van der Waals surface area contributed by atoms with Crippen molar-refractivity contribution in [2.75, 3.05) is 6.54 Å². The molecule has 18 heavy (non-hydrogen) atoms. The van der Waals surface area contributed by atoms with Crippen LogP contribution in [0.25, 0.3) is 11.5 Å². The molecule has 0 aliphatic rings. The van der Waals surface area contributed by atoms with Gasteiger partial charge in [-0.2, -0.15) is 0 Å². The maximum Gasteiger partial charge on any atom is 0.247 e. The maximum atomic E-state index is 5.73. The summed E-state index contributed by atoms with van der Waals surface area (Å²) in [5.74, 6) is 1.25. The molecule has 1 heterocycles. The van der Waals surface area contributed by atoms with E-state index in [-0.39, 0.29) is 6.04 Å². The van der Waals surface area contributed by atoms with Crippen molar-refractivity contribution in [2.24, 2.45) is 0 Å². The van der Waals surface area contributed by atoms with Crippen LogP contribution in [0.4, 0.5) is 0 Å². The number of aromatic nitrogens is 2. The number of hydrogen-bond donors (Lipinski definition) is 1. The Hall–Kier alpha value is -1.68. The maximum absolute atomic E-state index is 5.73. The average Bonchev–Trinajstić information content (AvgIpc) is 2.86. The van der Waals surface area contributed by atoms with Gasteiger partial charge in [0.05, 0.1) is 6.04 Å². The van der Waals surface area contributed by atoms with Crippen molar-refractivity contribution in [3.63, 3.8) is 0 Å². The fourth-order valence-corrected chi connectivity index (χ4v) is 1.84. The molecule has 0 spiro atoms. The van der Waals surface area contributed by atoms with Gasteiger partial charge < -0.3 is 9.73 Å². The molecule has 0 aliphatic heterocycles. The topological polar surface area (TPSA) is 51.0 Å². The third kappa shape index (κ3) is 2.76. The van der Waals surface area contributed by atoms with E-state index in [9.17, 15) is 0 Å². The van der Waals surface area contributed by atoms with Crippen LogP contribution in [-0.2, 0) is 0 Å². The van der Waals surface area contributed by atoms with E-state index in [4.69, 9.17) is 4.42 Å². The lowest BCUT2D eigenvalue weighted by molar-refractivity contribution is 0.402. The molecule has 0 aliphatic carbocycles. The minimum Gasteiger partial charge on any atom is -0.419 e. The van der Waals surface area contributed by atoms with E-state index < -0.39 is 0 Å². The highest BCUT2D eigenvalue weighted by Crippen LogP contribution is 2.22. The van der Waals surface area contributed by atoms with E-state index in [2.05, 4.69) is 36.3 Å². The Kier molecular flexibility index (Phi) is 4.10. The van der Waals surface area contributed by atoms with Gasteiger partial charge in [-0.3, -0.25) is 0 Å². The van der Waals surface area contributed by atoms with Gasteiger partial charge in [0, 0.05) is 5.56 Å². The van der Waals surface area contributed by atoms with Crippen molar-refractivity contribution < 1.29 is 4.42 Å². The molecular weight excluding hydrogens is 226 g/mol. The standard InChI is InChI=1S/C14H19N3O/c1-4-12(15-5-2)14-17-16-13(18-14)11-8-6-10(3)7-9-11/h6-9,12,15H,4-5H2,1-3H3. The van der Waals surface area contributed by atoms with Crippen LogP contribution in [0.15, 0.2) is 28.7 Å². The summed E-state index contributed by atoms with van der Waals surface area (Å²) < 4.78 is 5.73. The second-order valence-electron chi connectivity index (χ2n) is 4.33. The Morgan fingerprint density at radius 1 is 1.17 bits per heavy atom. The molecule has 4 nitrogen and oxygen atoms in total. The van der Waals surface area contributed by atoms with Crippen LogP contribution in [0, 0.1) is 6.92 Å². The van der Waals surface area contributed by atoms with Crippen LogP contribution in [-0.4, -0.2) is 16.7 Å². The van der Waals surface area contributed by atoms with Gasteiger partial charge in [0.2, 0.25) is 11.8 Å². The number of benzene rings is 1. The molecule has 0 saturated carbocycles. The van der Waals surface area contributed by atoms with Crippen molar-refractivity contribution >= 4 is 0 Å². The van der Waals surface area contributed by atoms with E-state index in [0.29, 0.717) is 11.8 Å². The molecule has 0 radical (unpaired) electrons. The summed E-state index contributed by atoms with van der Waals surface area (Å²) in [6, 6.07) is 8.23. The molecule has 0 saturated heterocycles. The van der Waals surface area contributed by atoms with E-state index >= 15 is 0 Å². The number of aryl methyl sites for hydroxylation is 1. The van der Waals surface area contributed by atoms with E-state index in [1.54, 1.807) is 0 Å². The van der Waals surface area contributed by atoms with Gasteiger partial charge in [0.15, 0.2) is 0 Å². The van der Waals surface area contributed by atoms with Crippen LogP contribution in [0.5, 0.6) is 0 Å². The molecule has 2 rings (SSSR count). The Morgan fingerprint density at radius 2 is 1.89 bits per heavy atom. The summed E-state index contributed by atoms with van der Waals surface area (Å²) in [6.45, 7) is 7.12. The van der Waals surface area contributed by atoms with Gasteiger partial charge in [0.25, 0.3) is 0 Å². The molecule has 1 aromatic carbocycles. The second kappa shape index (κ2) is 5.78. The fourth-order valence-electron chi connectivity index (χ4n) is 1.84. The Balaban J connectivity index is 2.21. The third-order valence-electron chi connectivity index (χ3n) is 2.90. The molecule has 4 heteroatoms. The van der Waals surface area contributed by atoms with E-state index in [0.717, 1.165) is 18.5 Å². The summed E-state index contributed by atoms with van der Waals surface area (Å²) in [5.41, 5.74) is 2.18. The Morgan fingerprint density at radius 3 is 2.50 bits per heavy atom. The van der Waals surface area contributed by atoms with Gasteiger partial charge in [-0.25, -0.2) is 0 Å². The smallest absolute Gasteiger partial charge is 0.247 e. The fraction of sp³-hybridized carbons (Fsp3) is 0.429. The molecule has 0 amide bonds. The summed E-state index contributed by atoms with van der Waals surface area (Å²) in [4.78, 5) is 0. The van der Waals surface area contributed by atoms with E-state index in [1.807, 2.05) is 24.3 Å². The molecule has 2 aromatic rings. The van der Waals surface area contributed by atoms with Crippen LogP contribution in [0.2, 0.25) is 0 Å². The lowest BCUT2D eigenvalue weighted by atomic mass is 10.1. The number of rotatable bonds is 5. The Bertz CT molecular complexity index is 490. The van der Waals surface area contributed by atoms with Crippen molar-refractivity contribution in [1.29, 1.82) is 0 Å². The van der Waals surface area contributed by atoms with Crippen molar-refractivity contribution in [3.8, 4) is 11.5 Å². The first kappa shape index (κ1) is 12.8. The van der Waals surface area contributed by atoms with E-state index in [1.165, 1.54) is 5.56 Å². The zero-order valence-electron chi connectivity index (χ0n) is 11.1. The SMILES string of the molecule is CCNC(CC)c1nnc(-c2ccc(C)cc2)o1. The zero-order valence-corrected chi connectivity index (χ0v) is 11.1. The van der Waals surface area contributed by atoms with Gasteiger partial charge in [-0.15, -0.1) is 10.2 Å². The predicted molar refractivity (Wildman–Crippen MR) is 71.2 cm³/mol. The lowest BCUT2D eigenvalue weighted by Crippen LogP contribution is -2.20. The highest BCUT2D eigenvalue weighted by Gasteiger charge is 2.16. The monoisotopic (exact) mass is 245 g/mol. The first-order valence-electron chi connectivity index (χ1n) is 6.38. The summed E-state index contributed by atoms with van der Waals surface area (Å²) in [7, 11) is 0. The highest BCUT2D eigenvalue weighted by molar-refractivity contribution is 5.52. The summed E-state index contributed by atoms with van der Waals surface area (Å²) in [6.07, 6.45) is 0.934. The molecule has 1 atom stereocenters. The number of hydrogen-bond acceptors (Lipinski definition) is 4.